The molecule has 23 heavy (non-hydrogen) atoms. The van der Waals surface area contributed by atoms with Crippen molar-refractivity contribution in [3.63, 3.8) is 0 Å². The summed E-state index contributed by atoms with van der Waals surface area (Å²) >= 11 is 0. The highest BCUT2D eigenvalue weighted by atomic mass is 16.5. The Bertz CT molecular complexity index is 618. The van der Waals surface area contributed by atoms with Gasteiger partial charge in [0.05, 0.1) is 12.3 Å². The van der Waals surface area contributed by atoms with Crippen molar-refractivity contribution in [1.82, 2.24) is 10.2 Å². The Balaban J connectivity index is 1.94. The van der Waals surface area contributed by atoms with Gasteiger partial charge >= 0.3 is 0 Å². The van der Waals surface area contributed by atoms with Gasteiger partial charge in [0.2, 0.25) is 0 Å². The maximum Gasteiger partial charge on any atom is 0.251 e. The van der Waals surface area contributed by atoms with Crippen molar-refractivity contribution in [3.05, 3.63) is 66.6 Å². The number of carbonyl (C=O) groups excluding carboxylic acids is 1. The molecule has 0 saturated carbocycles. The standard InChI is InChI=1S/C18H22N2O3/c1-4-11-22-15-9-7-14(8-10-15)18(21)19-13-16(20(2)3)17-6-5-12-23-17/h4-10,12,16H,1,11,13H2,2-3H3,(H,19,21). The molecule has 1 aromatic heterocycles. The van der Waals surface area contributed by atoms with Crippen LogP contribution in [0.3, 0.4) is 0 Å². The second-order valence-electron chi connectivity index (χ2n) is 5.33. The van der Waals surface area contributed by atoms with Crippen LogP contribution in [0.4, 0.5) is 0 Å². The maximum absolute atomic E-state index is 12.2. The molecule has 1 atom stereocenters. The van der Waals surface area contributed by atoms with E-state index in [1.807, 2.05) is 31.1 Å². The highest BCUT2D eigenvalue weighted by Gasteiger charge is 2.18. The first-order valence-corrected chi connectivity index (χ1v) is 7.43. The van der Waals surface area contributed by atoms with E-state index in [0.29, 0.717) is 24.5 Å². The zero-order valence-electron chi connectivity index (χ0n) is 13.5. The van der Waals surface area contributed by atoms with Gasteiger partial charge in [0.1, 0.15) is 18.1 Å². The second kappa shape index (κ2) is 8.19. The van der Waals surface area contributed by atoms with Crippen molar-refractivity contribution in [3.8, 4) is 5.75 Å². The molecule has 0 spiro atoms. The monoisotopic (exact) mass is 314 g/mol. The third-order valence-corrected chi connectivity index (χ3v) is 3.44. The quantitative estimate of drug-likeness (QED) is 0.761. The largest absolute Gasteiger partial charge is 0.490 e. The first-order chi connectivity index (χ1) is 11.1. The van der Waals surface area contributed by atoms with Crippen LogP contribution >= 0.6 is 0 Å². The van der Waals surface area contributed by atoms with Gasteiger partial charge in [-0.3, -0.25) is 9.69 Å². The van der Waals surface area contributed by atoms with Crippen molar-refractivity contribution >= 4 is 5.91 Å². The Hall–Kier alpha value is -2.53. The normalized spacial score (nSPS) is 12.0. The van der Waals surface area contributed by atoms with Crippen LogP contribution in [-0.2, 0) is 0 Å². The first kappa shape index (κ1) is 16.8. The Morgan fingerprint density at radius 2 is 2.09 bits per heavy atom. The third kappa shape index (κ3) is 4.72. The van der Waals surface area contributed by atoms with Crippen molar-refractivity contribution in [2.75, 3.05) is 27.2 Å². The number of ether oxygens (including phenoxy) is 1. The maximum atomic E-state index is 12.2. The predicted molar refractivity (Wildman–Crippen MR) is 89.6 cm³/mol. The summed E-state index contributed by atoms with van der Waals surface area (Å²) in [6, 6.07) is 10.8. The molecule has 0 bridgehead atoms. The molecule has 1 aromatic carbocycles. The summed E-state index contributed by atoms with van der Waals surface area (Å²) in [6.07, 6.45) is 3.31. The Kier molecular flexibility index (Phi) is 6.00. The van der Waals surface area contributed by atoms with Gasteiger partial charge < -0.3 is 14.5 Å². The molecule has 5 heteroatoms. The second-order valence-corrected chi connectivity index (χ2v) is 5.33. The average Bonchev–Trinajstić information content (AvgIpc) is 3.07. The zero-order valence-corrected chi connectivity index (χ0v) is 13.5. The highest BCUT2D eigenvalue weighted by molar-refractivity contribution is 5.94. The Morgan fingerprint density at radius 1 is 1.35 bits per heavy atom. The van der Waals surface area contributed by atoms with E-state index < -0.39 is 0 Å². The lowest BCUT2D eigenvalue weighted by atomic mass is 10.1. The first-order valence-electron chi connectivity index (χ1n) is 7.43. The smallest absolute Gasteiger partial charge is 0.251 e. The fraction of sp³-hybridized carbons (Fsp3) is 0.278. The number of nitrogens with one attached hydrogen (secondary N) is 1. The van der Waals surface area contributed by atoms with Crippen LogP contribution in [0.15, 0.2) is 59.7 Å². The molecule has 0 radical (unpaired) electrons. The van der Waals surface area contributed by atoms with E-state index in [-0.39, 0.29) is 11.9 Å². The molecule has 122 valence electrons. The van der Waals surface area contributed by atoms with Crippen molar-refractivity contribution in [2.45, 2.75) is 6.04 Å². The topological polar surface area (TPSA) is 54.7 Å². The summed E-state index contributed by atoms with van der Waals surface area (Å²) in [5.74, 6) is 1.41. The average molecular weight is 314 g/mol. The van der Waals surface area contributed by atoms with E-state index in [0.717, 1.165) is 5.76 Å². The highest BCUT2D eigenvalue weighted by Crippen LogP contribution is 2.18. The summed E-state index contributed by atoms with van der Waals surface area (Å²) in [5, 5.41) is 2.93. The van der Waals surface area contributed by atoms with Gasteiger partial charge in [-0.15, -0.1) is 0 Å². The summed E-state index contributed by atoms with van der Waals surface area (Å²) < 4.78 is 10.8. The molecule has 1 heterocycles. The molecule has 1 unspecified atom stereocenters. The van der Waals surface area contributed by atoms with Crippen LogP contribution in [0, 0.1) is 0 Å². The number of hydrogen-bond acceptors (Lipinski definition) is 4. The number of carbonyl (C=O) groups is 1. The molecule has 0 aliphatic rings. The lowest BCUT2D eigenvalue weighted by Gasteiger charge is -2.22. The van der Waals surface area contributed by atoms with E-state index >= 15 is 0 Å². The fourth-order valence-corrected chi connectivity index (χ4v) is 2.17. The van der Waals surface area contributed by atoms with Crippen LogP contribution in [0.25, 0.3) is 0 Å². The number of rotatable bonds is 8. The lowest BCUT2D eigenvalue weighted by molar-refractivity contribution is 0.0939. The van der Waals surface area contributed by atoms with Gasteiger partial charge in [-0.1, -0.05) is 12.7 Å². The summed E-state index contributed by atoms with van der Waals surface area (Å²) in [6.45, 7) is 4.51. The number of furan rings is 1. The van der Waals surface area contributed by atoms with Crippen LogP contribution in [0.2, 0.25) is 0 Å². The SMILES string of the molecule is C=CCOc1ccc(C(=O)NCC(c2ccco2)N(C)C)cc1. The van der Waals surface area contributed by atoms with Gasteiger partial charge in [-0.2, -0.15) is 0 Å². The van der Waals surface area contributed by atoms with Crippen LogP contribution < -0.4 is 10.1 Å². The molecule has 0 aliphatic carbocycles. The molecule has 0 aliphatic heterocycles. The van der Waals surface area contributed by atoms with Crippen molar-refractivity contribution in [1.29, 1.82) is 0 Å². The summed E-state index contributed by atoms with van der Waals surface area (Å²) in [5.41, 5.74) is 0.591. The molecule has 2 rings (SSSR count). The summed E-state index contributed by atoms with van der Waals surface area (Å²) in [7, 11) is 3.90. The number of likely N-dealkylation sites (N-methyl/N-ethyl adjacent to an activating group) is 1. The molecule has 0 saturated heterocycles. The molecule has 1 amide bonds. The van der Waals surface area contributed by atoms with Gasteiger partial charge in [-0.25, -0.2) is 0 Å². The predicted octanol–water partition coefficient (Wildman–Crippen LogP) is 2.88. The third-order valence-electron chi connectivity index (χ3n) is 3.44. The van der Waals surface area contributed by atoms with E-state index in [2.05, 4.69) is 11.9 Å². The van der Waals surface area contributed by atoms with Gasteiger partial charge in [0.25, 0.3) is 5.91 Å². The number of benzene rings is 1. The minimum Gasteiger partial charge on any atom is -0.490 e. The van der Waals surface area contributed by atoms with Gasteiger partial charge in [0.15, 0.2) is 0 Å². The zero-order chi connectivity index (χ0) is 16.7. The van der Waals surface area contributed by atoms with Gasteiger partial charge in [0, 0.05) is 12.1 Å². The molecular weight excluding hydrogens is 292 g/mol. The number of amides is 1. The van der Waals surface area contributed by atoms with E-state index in [4.69, 9.17) is 9.15 Å². The van der Waals surface area contributed by atoms with E-state index in [1.54, 1.807) is 36.6 Å². The Morgan fingerprint density at radius 3 is 2.65 bits per heavy atom. The van der Waals surface area contributed by atoms with E-state index in [9.17, 15) is 4.79 Å². The molecule has 2 aromatic rings. The number of hydrogen-bond donors (Lipinski definition) is 1. The minimum absolute atomic E-state index is 0.0100. The molecular formula is C18H22N2O3. The van der Waals surface area contributed by atoms with Crippen LogP contribution in [0.1, 0.15) is 22.2 Å². The lowest BCUT2D eigenvalue weighted by Crippen LogP contribution is -2.34. The number of nitrogens with zero attached hydrogens (tertiary/aromatic N) is 1. The molecule has 1 N–H and O–H groups in total. The summed E-state index contributed by atoms with van der Waals surface area (Å²) in [4.78, 5) is 14.3. The Labute approximate surface area is 136 Å². The van der Waals surface area contributed by atoms with Crippen LogP contribution in [0.5, 0.6) is 5.75 Å². The van der Waals surface area contributed by atoms with Crippen molar-refractivity contribution in [2.24, 2.45) is 0 Å². The fourth-order valence-electron chi connectivity index (χ4n) is 2.17. The molecule has 0 fully saturated rings. The van der Waals surface area contributed by atoms with E-state index in [1.165, 1.54) is 0 Å². The minimum atomic E-state index is -0.126. The van der Waals surface area contributed by atoms with Gasteiger partial charge in [-0.05, 0) is 50.5 Å². The van der Waals surface area contributed by atoms with Crippen molar-refractivity contribution < 1.29 is 13.9 Å². The van der Waals surface area contributed by atoms with Crippen LogP contribution in [-0.4, -0.2) is 38.1 Å². The molecule has 5 nitrogen and oxygen atoms in total.